The molecule has 1 aliphatic carbocycles. The predicted molar refractivity (Wildman–Crippen MR) is 74.6 cm³/mol. The number of H-pyrrole nitrogens is 1. The van der Waals surface area contributed by atoms with E-state index < -0.39 is 12.0 Å². The van der Waals surface area contributed by atoms with Crippen LogP contribution in [0.1, 0.15) is 19.3 Å². The van der Waals surface area contributed by atoms with E-state index in [4.69, 9.17) is 0 Å². The van der Waals surface area contributed by atoms with Crippen LogP contribution >= 0.6 is 11.8 Å². The topological polar surface area (TPSA) is 104 Å². The van der Waals surface area contributed by atoms with Crippen LogP contribution in [0.25, 0.3) is 11.2 Å². The minimum atomic E-state index is -0.785. The second-order valence-corrected chi connectivity index (χ2v) is 5.83. The molecule has 2 aromatic rings. The number of aromatic nitrogens is 4. The molecule has 0 bridgehead atoms. The Morgan fingerprint density at radius 1 is 1.50 bits per heavy atom. The quantitative estimate of drug-likeness (QED) is 0.517. The predicted octanol–water partition coefficient (Wildman–Crippen LogP) is 1.04. The molecule has 3 rings (SSSR count). The molecule has 7 nitrogen and oxygen atoms in total. The van der Waals surface area contributed by atoms with Gasteiger partial charge in [-0.25, -0.2) is 15.0 Å². The fraction of sp³-hybridized carbons (Fsp3) is 0.500. The van der Waals surface area contributed by atoms with E-state index in [0.29, 0.717) is 23.9 Å². The molecule has 1 saturated carbocycles. The molecule has 8 heteroatoms. The molecule has 106 valence electrons. The van der Waals surface area contributed by atoms with Gasteiger partial charge in [-0.05, 0) is 19.3 Å². The molecule has 0 aliphatic heterocycles. The van der Waals surface area contributed by atoms with Crippen LogP contribution in [0.15, 0.2) is 17.7 Å². The molecule has 1 atom stereocenters. The third-order valence-corrected chi connectivity index (χ3v) is 4.17. The van der Waals surface area contributed by atoms with E-state index in [2.05, 4.69) is 25.3 Å². The Kier molecular flexibility index (Phi) is 3.83. The Balaban J connectivity index is 1.58. The van der Waals surface area contributed by atoms with Crippen LogP contribution in [0.5, 0.6) is 0 Å². The summed E-state index contributed by atoms with van der Waals surface area (Å²) in [6.45, 7) is 0. The Labute approximate surface area is 119 Å². The summed E-state index contributed by atoms with van der Waals surface area (Å²) in [5, 5.41) is 13.1. The van der Waals surface area contributed by atoms with Gasteiger partial charge in [0.25, 0.3) is 0 Å². The van der Waals surface area contributed by atoms with Gasteiger partial charge in [-0.15, -0.1) is 11.8 Å². The van der Waals surface area contributed by atoms with E-state index in [9.17, 15) is 9.90 Å². The van der Waals surface area contributed by atoms with Crippen LogP contribution in [0.4, 0.5) is 0 Å². The number of thioether (sulfide) groups is 1. The minimum absolute atomic E-state index is 0.388. The number of aliphatic carboxylic acids is 1. The van der Waals surface area contributed by atoms with Crippen LogP contribution in [-0.4, -0.2) is 48.8 Å². The first kappa shape index (κ1) is 13.3. The van der Waals surface area contributed by atoms with E-state index >= 15 is 0 Å². The van der Waals surface area contributed by atoms with Crippen molar-refractivity contribution in [2.45, 2.75) is 36.4 Å². The number of nitrogens with zero attached hydrogens (tertiary/aromatic N) is 3. The van der Waals surface area contributed by atoms with E-state index in [1.165, 1.54) is 18.1 Å². The monoisotopic (exact) mass is 293 g/mol. The third-order valence-electron chi connectivity index (χ3n) is 3.15. The van der Waals surface area contributed by atoms with Crippen molar-refractivity contribution in [2.75, 3.05) is 5.75 Å². The van der Waals surface area contributed by atoms with Crippen molar-refractivity contribution >= 4 is 28.9 Å². The van der Waals surface area contributed by atoms with Gasteiger partial charge in [0, 0.05) is 11.8 Å². The van der Waals surface area contributed by atoms with Crippen molar-refractivity contribution in [3.8, 4) is 0 Å². The Morgan fingerprint density at radius 3 is 3.10 bits per heavy atom. The lowest BCUT2D eigenvalue weighted by Crippen LogP contribution is -2.38. The average Bonchev–Trinajstić information content (AvgIpc) is 3.11. The van der Waals surface area contributed by atoms with E-state index in [1.54, 1.807) is 6.33 Å². The van der Waals surface area contributed by atoms with Gasteiger partial charge in [0.2, 0.25) is 0 Å². The zero-order valence-corrected chi connectivity index (χ0v) is 11.6. The lowest BCUT2D eigenvalue weighted by Gasteiger charge is -2.13. The highest BCUT2D eigenvalue weighted by molar-refractivity contribution is 7.99. The molecule has 1 aliphatic rings. The summed E-state index contributed by atoms with van der Waals surface area (Å²) in [5.74, 6) is -0.103. The van der Waals surface area contributed by atoms with Crippen molar-refractivity contribution < 1.29 is 9.90 Å². The van der Waals surface area contributed by atoms with Gasteiger partial charge in [-0.3, -0.25) is 4.79 Å². The molecular formula is C12H15N5O2S. The van der Waals surface area contributed by atoms with Gasteiger partial charge in [0.1, 0.15) is 22.9 Å². The molecule has 2 aromatic heterocycles. The lowest BCUT2D eigenvalue weighted by atomic mass is 10.2. The van der Waals surface area contributed by atoms with Crippen molar-refractivity contribution in [3.63, 3.8) is 0 Å². The fourth-order valence-electron chi connectivity index (χ4n) is 1.94. The molecule has 0 saturated heterocycles. The number of fused-ring (bicyclic) bond motifs is 1. The van der Waals surface area contributed by atoms with Crippen molar-refractivity contribution in [1.82, 2.24) is 25.3 Å². The highest BCUT2D eigenvalue weighted by atomic mass is 32.2. The number of nitrogens with one attached hydrogen (secondary N) is 2. The number of rotatable bonds is 7. The van der Waals surface area contributed by atoms with Crippen molar-refractivity contribution in [1.29, 1.82) is 0 Å². The third kappa shape index (κ3) is 3.07. The van der Waals surface area contributed by atoms with Crippen molar-refractivity contribution in [2.24, 2.45) is 0 Å². The summed E-state index contributed by atoms with van der Waals surface area (Å²) in [6, 6.07) is -0.0893. The maximum Gasteiger partial charge on any atom is 0.320 e. The smallest absolute Gasteiger partial charge is 0.320 e. The molecule has 0 aromatic carbocycles. The number of carboxylic acid groups (broad SMARTS) is 1. The molecule has 20 heavy (non-hydrogen) atoms. The Hall–Kier alpha value is -1.67. The van der Waals surface area contributed by atoms with Crippen LogP contribution in [0.3, 0.4) is 0 Å². The van der Waals surface area contributed by atoms with Crippen LogP contribution in [0, 0.1) is 0 Å². The van der Waals surface area contributed by atoms with Gasteiger partial charge in [-0.2, -0.15) is 0 Å². The maximum atomic E-state index is 11.2. The number of hydrogen-bond acceptors (Lipinski definition) is 6. The highest BCUT2D eigenvalue weighted by Crippen LogP contribution is 2.24. The van der Waals surface area contributed by atoms with E-state index in [1.807, 2.05) is 0 Å². The molecule has 0 amide bonds. The molecular weight excluding hydrogens is 278 g/mol. The maximum absolute atomic E-state index is 11.2. The number of hydrogen-bond donors (Lipinski definition) is 3. The van der Waals surface area contributed by atoms with Crippen LogP contribution < -0.4 is 5.32 Å². The second-order valence-electron chi connectivity index (χ2n) is 4.75. The number of carbonyl (C=O) groups is 1. The van der Waals surface area contributed by atoms with Gasteiger partial charge in [0.15, 0.2) is 5.65 Å². The molecule has 1 unspecified atom stereocenters. The Morgan fingerprint density at radius 2 is 2.35 bits per heavy atom. The first-order chi connectivity index (χ1) is 9.74. The SMILES string of the molecule is O=C(O)C(CCSc1ncnc2nc[nH]c12)NC1CC1. The summed E-state index contributed by atoms with van der Waals surface area (Å²) in [6.07, 6.45) is 5.78. The van der Waals surface area contributed by atoms with Crippen LogP contribution in [-0.2, 0) is 4.79 Å². The molecule has 0 spiro atoms. The largest absolute Gasteiger partial charge is 0.480 e. The Bertz CT molecular complexity index is 613. The fourth-order valence-corrected chi connectivity index (χ4v) is 2.90. The normalized spacial score (nSPS) is 16.4. The summed E-state index contributed by atoms with van der Waals surface area (Å²) in [5.41, 5.74) is 1.44. The minimum Gasteiger partial charge on any atom is -0.480 e. The molecule has 2 heterocycles. The molecule has 3 N–H and O–H groups in total. The first-order valence-corrected chi connectivity index (χ1v) is 7.48. The lowest BCUT2D eigenvalue weighted by molar-refractivity contribution is -0.139. The summed E-state index contributed by atoms with van der Waals surface area (Å²) >= 11 is 1.52. The summed E-state index contributed by atoms with van der Waals surface area (Å²) < 4.78 is 0. The average molecular weight is 293 g/mol. The molecule has 1 fully saturated rings. The van der Waals surface area contributed by atoms with Gasteiger partial charge in [0.05, 0.1) is 6.33 Å². The number of carboxylic acids is 1. The second kappa shape index (κ2) is 5.76. The zero-order chi connectivity index (χ0) is 13.9. The highest BCUT2D eigenvalue weighted by Gasteiger charge is 2.27. The zero-order valence-electron chi connectivity index (χ0n) is 10.7. The van der Waals surface area contributed by atoms with E-state index in [0.717, 1.165) is 23.4 Å². The van der Waals surface area contributed by atoms with Gasteiger partial charge < -0.3 is 15.4 Å². The summed E-state index contributed by atoms with van der Waals surface area (Å²) in [4.78, 5) is 26.5. The van der Waals surface area contributed by atoms with Gasteiger partial charge in [-0.1, -0.05) is 0 Å². The number of imidazole rings is 1. The first-order valence-electron chi connectivity index (χ1n) is 6.50. The molecule has 0 radical (unpaired) electrons. The van der Waals surface area contributed by atoms with Crippen LogP contribution in [0.2, 0.25) is 0 Å². The standard InChI is InChI=1S/C12H15N5O2S/c18-12(19)8(17-7-1-2-7)3-4-20-11-9-10(14-5-13-9)15-6-16-11/h5-8,17H,1-4H2,(H,18,19)(H,13,14,15,16). The van der Waals surface area contributed by atoms with Crippen molar-refractivity contribution in [3.05, 3.63) is 12.7 Å². The number of aromatic amines is 1. The van der Waals surface area contributed by atoms with Gasteiger partial charge >= 0.3 is 5.97 Å². The van der Waals surface area contributed by atoms with E-state index in [-0.39, 0.29) is 0 Å². The summed E-state index contributed by atoms with van der Waals surface area (Å²) in [7, 11) is 0.